The van der Waals surface area contributed by atoms with Gasteiger partial charge in [-0.15, -0.1) is 0 Å². The Bertz CT molecular complexity index is 439. The lowest BCUT2D eigenvalue weighted by Gasteiger charge is -2.12. The van der Waals surface area contributed by atoms with Crippen molar-refractivity contribution in [2.75, 3.05) is 6.61 Å². The smallest absolute Gasteiger partial charge is 0.387 e. The van der Waals surface area contributed by atoms with E-state index >= 15 is 0 Å². The molecule has 0 aromatic heterocycles. The predicted octanol–water partition coefficient (Wildman–Crippen LogP) is 3.70. The molecule has 0 atom stereocenters. The molecule has 0 radical (unpaired) electrons. The van der Waals surface area contributed by atoms with Crippen molar-refractivity contribution in [1.29, 1.82) is 0 Å². The van der Waals surface area contributed by atoms with E-state index in [0.29, 0.717) is 0 Å². The molecular weight excluding hydrogens is 289 g/mol. The molecular formula is C11H10Cl2F2O3. The summed E-state index contributed by atoms with van der Waals surface area (Å²) in [5, 5.41) is 0.142. The second kappa shape index (κ2) is 6.75. The summed E-state index contributed by atoms with van der Waals surface area (Å²) in [6.07, 6.45) is -0.240. The average Bonchev–Trinajstić information content (AvgIpc) is 2.23. The van der Waals surface area contributed by atoms with E-state index in [1.165, 1.54) is 12.1 Å². The Morgan fingerprint density at radius 1 is 1.39 bits per heavy atom. The Morgan fingerprint density at radius 2 is 2.06 bits per heavy atom. The third kappa shape index (κ3) is 4.31. The number of esters is 1. The maximum atomic E-state index is 12.2. The van der Waals surface area contributed by atoms with E-state index in [-0.39, 0.29) is 34.4 Å². The van der Waals surface area contributed by atoms with Crippen LogP contribution >= 0.6 is 23.2 Å². The lowest BCUT2D eigenvalue weighted by molar-refractivity contribution is -0.142. The molecule has 18 heavy (non-hydrogen) atoms. The van der Waals surface area contributed by atoms with Crippen molar-refractivity contribution in [2.45, 2.75) is 20.0 Å². The summed E-state index contributed by atoms with van der Waals surface area (Å²) in [6.45, 7) is -1.21. The van der Waals surface area contributed by atoms with Crippen LogP contribution in [0, 0.1) is 0 Å². The first-order chi connectivity index (χ1) is 8.43. The quantitative estimate of drug-likeness (QED) is 0.778. The molecule has 0 bridgehead atoms. The number of hydrogen-bond donors (Lipinski definition) is 0. The van der Waals surface area contributed by atoms with Crippen LogP contribution in [0.1, 0.15) is 12.5 Å². The molecule has 0 aliphatic carbocycles. The summed E-state index contributed by atoms with van der Waals surface area (Å²) in [6, 6.07) is 2.59. The molecule has 1 aromatic rings. The number of hydrogen-bond acceptors (Lipinski definition) is 3. The van der Waals surface area contributed by atoms with Crippen LogP contribution in [0.3, 0.4) is 0 Å². The van der Waals surface area contributed by atoms with Crippen LogP contribution in [0.25, 0.3) is 0 Å². The molecule has 0 unspecified atom stereocenters. The molecule has 0 aliphatic heterocycles. The largest absolute Gasteiger partial charge is 0.466 e. The first-order valence-corrected chi connectivity index (χ1v) is 5.78. The molecule has 1 aromatic carbocycles. The number of alkyl halides is 2. The zero-order valence-corrected chi connectivity index (χ0v) is 10.9. The summed E-state index contributed by atoms with van der Waals surface area (Å²) >= 11 is 11.5. The Hall–Kier alpha value is -1.07. The summed E-state index contributed by atoms with van der Waals surface area (Å²) in [4.78, 5) is 11.3. The Labute approximate surface area is 113 Å². The highest BCUT2D eigenvalue weighted by molar-refractivity contribution is 6.35. The molecule has 0 aliphatic rings. The van der Waals surface area contributed by atoms with E-state index < -0.39 is 12.6 Å². The van der Waals surface area contributed by atoms with Crippen LogP contribution in [0.5, 0.6) is 5.75 Å². The van der Waals surface area contributed by atoms with E-state index in [1.54, 1.807) is 6.92 Å². The molecule has 0 N–H and O–H groups in total. The number of rotatable bonds is 5. The summed E-state index contributed by atoms with van der Waals surface area (Å²) in [7, 11) is 0. The molecule has 1 rings (SSSR count). The maximum absolute atomic E-state index is 12.2. The van der Waals surface area contributed by atoms with Gasteiger partial charge >= 0.3 is 12.6 Å². The third-order valence-electron chi connectivity index (χ3n) is 1.93. The predicted molar refractivity (Wildman–Crippen MR) is 63.4 cm³/mol. The van der Waals surface area contributed by atoms with Gasteiger partial charge in [-0.2, -0.15) is 8.78 Å². The monoisotopic (exact) mass is 298 g/mol. The molecule has 7 heteroatoms. The minimum absolute atomic E-state index is 0.0814. The highest BCUT2D eigenvalue weighted by atomic mass is 35.5. The van der Waals surface area contributed by atoms with Crippen molar-refractivity contribution in [1.82, 2.24) is 0 Å². The molecule has 0 fully saturated rings. The van der Waals surface area contributed by atoms with Gasteiger partial charge in [0.1, 0.15) is 5.75 Å². The van der Waals surface area contributed by atoms with Crippen molar-refractivity contribution < 1.29 is 23.0 Å². The van der Waals surface area contributed by atoms with Gasteiger partial charge in [-0.3, -0.25) is 4.79 Å². The van der Waals surface area contributed by atoms with Crippen LogP contribution in [-0.2, 0) is 16.0 Å². The second-order valence-electron chi connectivity index (χ2n) is 3.24. The second-order valence-corrected chi connectivity index (χ2v) is 4.08. The standard InChI is InChI=1S/C11H10Cl2F2O3/c1-2-17-9(16)4-6-3-7(12)5-8(13)10(6)18-11(14)15/h3,5,11H,2,4H2,1H3. The molecule has 0 spiro atoms. The van der Waals surface area contributed by atoms with Gasteiger partial charge in [0, 0.05) is 10.6 Å². The summed E-state index contributed by atoms with van der Waals surface area (Å²) in [5.41, 5.74) is 0.159. The molecule has 0 amide bonds. The van der Waals surface area contributed by atoms with Gasteiger partial charge < -0.3 is 9.47 Å². The van der Waals surface area contributed by atoms with Crippen LogP contribution < -0.4 is 4.74 Å². The lowest BCUT2D eigenvalue weighted by Crippen LogP contribution is -2.11. The van der Waals surface area contributed by atoms with E-state index in [2.05, 4.69) is 4.74 Å². The fourth-order valence-corrected chi connectivity index (χ4v) is 1.91. The number of halogens is 4. The van der Waals surface area contributed by atoms with Gasteiger partial charge in [0.25, 0.3) is 0 Å². The number of benzene rings is 1. The van der Waals surface area contributed by atoms with Crippen molar-refractivity contribution >= 4 is 29.2 Å². The first kappa shape index (κ1) is 15.0. The normalized spacial score (nSPS) is 10.6. The Morgan fingerprint density at radius 3 is 2.61 bits per heavy atom. The summed E-state index contributed by atoms with van der Waals surface area (Å²) in [5.74, 6) is -0.834. The highest BCUT2D eigenvalue weighted by Crippen LogP contribution is 2.34. The Kier molecular flexibility index (Phi) is 5.62. The van der Waals surface area contributed by atoms with Gasteiger partial charge in [-0.1, -0.05) is 23.2 Å². The Balaban J connectivity index is 3.03. The average molecular weight is 299 g/mol. The number of ether oxygens (including phenoxy) is 2. The topological polar surface area (TPSA) is 35.5 Å². The maximum Gasteiger partial charge on any atom is 0.387 e. The molecule has 0 heterocycles. The van der Waals surface area contributed by atoms with Crippen LogP contribution in [0.2, 0.25) is 10.0 Å². The fraction of sp³-hybridized carbons (Fsp3) is 0.364. The molecule has 3 nitrogen and oxygen atoms in total. The van der Waals surface area contributed by atoms with Gasteiger partial charge in [0.15, 0.2) is 0 Å². The molecule has 0 saturated heterocycles. The minimum atomic E-state index is -3.04. The zero-order chi connectivity index (χ0) is 13.7. The van der Waals surface area contributed by atoms with E-state index in [9.17, 15) is 13.6 Å². The third-order valence-corrected chi connectivity index (χ3v) is 2.43. The van der Waals surface area contributed by atoms with Crippen molar-refractivity contribution in [3.63, 3.8) is 0 Å². The van der Waals surface area contributed by atoms with Gasteiger partial charge in [0.2, 0.25) is 0 Å². The SMILES string of the molecule is CCOC(=O)Cc1cc(Cl)cc(Cl)c1OC(F)F. The lowest BCUT2D eigenvalue weighted by atomic mass is 10.1. The van der Waals surface area contributed by atoms with Gasteiger partial charge in [0.05, 0.1) is 18.1 Å². The number of carbonyl (C=O) groups is 1. The van der Waals surface area contributed by atoms with Crippen LogP contribution in [-0.4, -0.2) is 19.2 Å². The zero-order valence-electron chi connectivity index (χ0n) is 9.38. The van der Waals surface area contributed by atoms with E-state index in [4.69, 9.17) is 27.9 Å². The van der Waals surface area contributed by atoms with Crippen molar-refractivity contribution in [2.24, 2.45) is 0 Å². The highest BCUT2D eigenvalue weighted by Gasteiger charge is 2.17. The van der Waals surface area contributed by atoms with Crippen LogP contribution in [0.15, 0.2) is 12.1 Å². The number of carbonyl (C=O) groups excluding carboxylic acids is 1. The fourth-order valence-electron chi connectivity index (χ4n) is 1.33. The van der Waals surface area contributed by atoms with E-state index in [1.807, 2.05) is 0 Å². The molecule has 100 valence electrons. The van der Waals surface area contributed by atoms with Gasteiger partial charge in [-0.25, -0.2) is 0 Å². The minimum Gasteiger partial charge on any atom is -0.466 e. The van der Waals surface area contributed by atoms with Crippen molar-refractivity contribution in [3.8, 4) is 5.75 Å². The van der Waals surface area contributed by atoms with Crippen LogP contribution in [0.4, 0.5) is 8.78 Å². The first-order valence-electron chi connectivity index (χ1n) is 5.02. The summed E-state index contributed by atoms with van der Waals surface area (Å²) < 4.78 is 33.5. The van der Waals surface area contributed by atoms with Crippen molar-refractivity contribution in [3.05, 3.63) is 27.7 Å². The molecule has 0 saturated carbocycles. The van der Waals surface area contributed by atoms with Gasteiger partial charge in [-0.05, 0) is 19.1 Å². The van der Waals surface area contributed by atoms with E-state index in [0.717, 1.165) is 0 Å².